The fourth-order valence-electron chi connectivity index (χ4n) is 1.96. The van der Waals surface area contributed by atoms with Gasteiger partial charge in [0.25, 0.3) is 0 Å². The zero-order valence-corrected chi connectivity index (χ0v) is 13.9. The van der Waals surface area contributed by atoms with Gasteiger partial charge in [-0.2, -0.15) is 0 Å². The van der Waals surface area contributed by atoms with Crippen LogP contribution in [0.25, 0.3) is 6.08 Å². The van der Waals surface area contributed by atoms with Crippen molar-refractivity contribution in [3.05, 3.63) is 58.6 Å². The summed E-state index contributed by atoms with van der Waals surface area (Å²) in [6, 6.07) is 10.6. The SMILES string of the molecule is COc1ccc(OC)c(/C=C/C(=O)Oc2cc(C)ccc2Cl)c1. The largest absolute Gasteiger partial charge is 0.497 e. The molecule has 5 heteroatoms. The minimum absolute atomic E-state index is 0.332. The topological polar surface area (TPSA) is 44.8 Å². The van der Waals surface area contributed by atoms with Gasteiger partial charge in [-0.15, -0.1) is 0 Å². The van der Waals surface area contributed by atoms with E-state index in [1.807, 2.05) is 13.0 Å². The summed E-state index contributed by atoms with van der Waals surface area (Å²) < 4.78 is 15.7. The highest BCUT2D eigenvalue weighted by Crippen LogP contribution is 2.27. The van der Waals surface area contributed by atoms with Gasteiger partial charge < -0.3 is 14.2 Å². The molecular formula is C18H17ClO4. The maximum atomic E-state index is 12.0. The van der Waals surface area contributed by atoms with Gasteiger partial charge in [0, 0.05) is 11.6 Å². The van der Waals surface area contributed by atoms with Crippen LogP contribution in [0.1, 0.15) is 11.1 Å². The number of hydrogen-bond acceptors (Lipinski definition) is 4. The Balaban J connectivity index is 2.16. The zero-order valence-electron chi connectivity index (χ0n) is 13.1. The first-order chi connectivity index (χ1) is 11.0. The Morgan fingerprint density at radius 1 is 1.04 bits per heavy atom. The van der Waals surface area contributed by atoms with Gasteiger partial charge >= 0.3 is 5.97 Å². The fourth-order valence-corrected chi connectivity index (χ4v) is 2.11. The Kier molecular flexibility index (Phi) is 5.66. The molecule has 0 aliphatic carbocycles. The summed E-state index contributed by atoms with van der Waals surface area (Å²) >= 11 is 6.01. The van der Waals surface area contributed by atoms with Crippen LogP contribution in [0.2, 0.25) is 5.02 Å². The molecule has 0 radical (unpaired) electrons. The van der Waals surface area contributed by atoms with Gasteiger partial charge in [0.1, 0.15) is 17.2 Å². The van der Waals surface area contributed by atoms with Crippen LogP contribution < -0.4 is 14.2 Å². The van der Waals surface area contributed by atoms with Crippen LogP contribution >= 0.6 is 11.6 Å². The molecule has 0 N–H and O–H groups in total. The first kappa shape index (κ1) is 16.9. The van der Waals surface area contributed by atoms with Crippen LogP contribution in [0.4, 0.5) is 0 Å². The van der Waals surface area contributed by atoms with Crippen molar-refractivity contribution < 1.29 is 19.0 Å². The van der Waals surface area contributed by atoms with Crippen molar-refractivity contribution in [2.45, 2.75) is 6.92 Å². The molecule has 2 rings (SSSR count). The quantitative estimate of drug-likeness (QED) is 0.465. The van der Waals surface area contributed by atoms with Gasteiger partial charge in [0.05, 0.1) is 19.2 Å². The van der Waals surface area contributed by atoms with E-state index in [0.29, 0.717) is 27.8 Å². The second-order valence-electron chi connectivity index (χ2n) is 4.80. The van der Waals surface area contributed by atoms with Crippen LogP contribution in [0.3, 0.4) is 0 Å². The van der Waals surface area contributed by atoms with Crippen molar-refractivity contribution in [2.75, 3.05) is 14.2 Å². The van der Waals surface area contributed by atoms with Crippen LogP contribution in [0.5, 0.6) is 17.2 Å². The highest BCUT2D eigenvalue weighted by molar-refractivity contribution is 6.32. The van der Waals surface area contributed by atoms with Gasteiger partial charge in [-0.05, 0) is 48.9 Å². The number of carbonyl (C=O) groups excluding carboxylic acids is 1. The third-order valence-corrected chi connectivity index (χ3v) is 3.45. The molecule has 0 saturated heterocycles. The van der Waals surface area contributed by atoms with Crippen molar-refractivity contribution in [3.63, 3.8) is 0 Å². The maximum absolute atomic E-state index is 12.0. The van der Waals surface area contributed by atoms with E-state index >= 15 is 0 Å². The van der Waals surface area contributed by atoms with Crippen molar-refractivity contribution in [3.8, 4) is 17.2 Å². The van der Waals surface area contributed by atoms with Gasteiger partial charge in [-0.25, -0.2) is 4.79 Å². The smallest absolute Gasteiger partial charge is 0.336 e. The molecule has 4 nitrogen and oxygen atoms in total. The molecule has 0 atom stereocenters. The van der Waals surface area contributed by atoms with E-state index in [-0.39, 0.29) is 0 Å². The molecule has 0 fully saturated rings. The Bertz CT molecular complexity index is 738. The van der Waals surface area contributed by atoms with Gasteiger partial charge in [0.15, 0.2) is 0 Å². The fraction of sp³-hybridized carbons (Fsp3) is 0.167. The second-order valence-corrected chi connectivity index (χ2v) is 5.20. The summed E-state index contributed by atoms with van der Waals surface area (Å²) in [6.07, 6.45) is 2.92. The zero-order chi connectivity index (χ0) is 16.8. The summed E-state index contributed by atoms with van der Waals surface area (Å²) in [5, 5.41) is 0.385. The lowest BCUT2D eigenvalue weighted by Crippen LogP contribution is -2.04. The second kappa shape index (κ2) is 7.70. The first-order valence-corrected chi connectivity index (χ1v) is 7.29. The maximum Gasteiger partial charge on any atom is 0.336 e. The van der Waals surface area contributed by atoms with Gasteiger partial charge in [-0.3, -0.25) is 0 Å². The molecule has 0 spiro atoms. The molecule has 0 unspecified atom stereocenters. The summed E-state index contributed by atoms with van der Waals surface area (Å²) in [6.45, 7) is 1.89. The molecule has 0 aliphatic heterocycles. The number of aryl methyl sites for hydroxylation is 1. The summed E-state index contributed by atoms with van der Waals surface area (Å²) in [7, 11) is 3.13. The molecule has 2 aromatic carbocycles. The molecule has 23 heavy (non-hydrogen) atoms. The number of rotatable bonds is 5. The van der Waals surface area contributed by atoms with E-state index in [1.54, 1.807) is 50.6 Å². The Morgan fingerprint density at radius 3 is 2.52 bits per heavy atom. The summed E-state index contributed by atoms with van der Waals surface area (Å²) in [5.41, 5.74) is 1.66. The molecule has 0 aliphatic rings. The van der Waals surface area contributed by atoms with E-state index in [1.165, 1.54) is 6.08 Å². The lowest BCUT2D eigenvalue weighted by atomic mass is 10.1. The number of ether oxygens (including phenoxy) is 3. The first-order valence-electron chi connectivity index (χ1n) is 6.91. The lowest BCUT2D eigenvalue weighted by molar-refractivity contribution is -0.128. The van der Waals surface area contributed by atoms with Crippen LogP contribution in [0.15, 0.2) is 42.5 Å². The third kappa shape index (κ3) is 4.50. The number of halogens is 1. The van der Waals surface area contributed by atoms with Crippen molar-refractivity contribution in [1.82, 2.24) is 0 Å². The van der Waals surface area contributed by atoms with Crippen LogP contribution in [-0.4, -0.2) is 20.2 Å². The molecule has 0 aromatic heterocycles. The Labute approximate surface area is 140 Å². The van der Waals surface area contributed by atoms with E-state index in [9.17, 15) is 4.79 Å². The van der Waals surface area contributed by atoms with Crippen molar-refractivity contribution in [1.29, 1.82) is 0 Å². The minimum Gasteiger partial charge on any atom is -0.497 e. The highest BCUT2D eigenvalue weighted by atomic mass is 35.5. The summed E-state index contributed by atoms with van der Waals surface area (Å²) in [4.78, 5) is 12.0. The molecule has 0 heterocycles. The van der Waals surface area contributed by atoms with Gasteiger partial charge in [-0.1, -0.05) is 17.7 Å². The average molecular weight is 333 g/mol. The van der Waals surface area contributed by atoms with Gasteiger partial charge in [0.2, 0.25) is 0 Å². The molecule has 2 aromatic rings. The normalized spacial score (nSPS) is 10.6. The number of methoxy groups -OCH3 is 2. The predicted molar refractivity (Wildman–Crippen MR) is 90.4 cm³/mol. The monoisotopic (exact) mass is 332 g/mol. The number of benzene rings is 2. The molecule has 0 amide bonds. The van der Waals surface area contributed by atoms with E-state index in [2.05, 4.69) is 0 Å². The average Bonchev–Trinajstić information content (AvgIpc) is 2.56. The standard InChI is InChI=1S/C18H17ClO4/c1-12-4-7-15(19)17(10-12)23-18(20)9-5-13-11-14(21-2)6-8-16(13)22-3/h4-11H,1-3H3/b9-5+. The summed E-state index contributed by atoms with van der Waals surface area (Å²) in [5.74, 6) is 1.10. The molecule has 0 saturated carbocycles. The van der Waals surface area contributed by atoms with Crippen molar-refractivity contribution in [2.24, 2.45) is 0 Å². The lowest BCUT2D eigenvalue weighted by Gasteiger charge is -2.07. The number of esters is 1. The third-order valence-electron chi connectivity index (χ3n) is 3.13. The molecule has 0 bridgehead atoms. The number of carbonyl (C=O) groups is 1. The Morgan fingerprint density at radius 2 is 1.83 bits per heavy atom. The predicted octanol–water partition coefficient (Wildman–Crippen LogP) is 4.28. The van der Waals surface area contributed by atoms with E-state index in [4.69, 9.17) is 25.8 Å². The number of hydrogen-bond donors (Lipinski definition) is 0. The van der Waals surface area contributed by atoms with Crippen LogP contribution in [0, 0.1) is 6.92 Å². The molecular weight excluding hydrogens is 316 g/mol. The Hall–Kier alpha value is -2.46. The van der Waals surface area contributed by atoms with E-state index in [0.717, 1.165) is 5.56 Å². The van der Waals surface area contributed by atoms with Crippen LogP contribution in [-0.2, 0) is 4.79 Å². The van der Waals surface area contributed by atoms with Crippen molar-refractivity contribution >= 4 is 23.6 Å². The minimum atomic E-state index is -0.526. The highest BCUT2D eigenvalue weighted by Gasteiger charge is 2.07. The van der Waals surface area contributed by atoms with E-state index < -0.39 is 5.97 Å². The molecule has 120 valence electrons.